The third-order valence-corrected chi connectivity index (χ3v) is 2.77. The number of nitrogens with one attached hydrogen (secondary N) is 2. The van der Waals surface area contributed by atoms with Crippen molar-refractivity contribution in [2.24, 2.45) is 0 Å². The van der Waals surface area contributed by atoms with Crippen molar-refractivity contribution in [2.45, 2.75) is 19.9 Å². The lowest BCUT2D eigenvalue weighted by Gasteiger charge is -2.14. The first-order valence-electron chi connectivity index (χ1n) is 5.93. The van der Waals surface area contributed by atoms with Crippen LogP contribution in [0.4, 0.5) is 16.2 Å². The molecular weight excluding hydrogens is 282 g/mol. The maximum atomic E-state index is 11.6. The molecular formula is C12H15N3O6. The number of hydrogen-bond donors (Lipinski definition) is 4. The van der Waals surface area contributed by atoms with Gasteiger partial charge in [0.15, 0.2) is 6.04 Å². The molecule has 0 fully saturated rings. The maximum absolute atomic E-state index is 11.6. The predicted molar refractivity (Wildman–Crippen MR) is 73.2 cm³/mol. The molecule has 0 aliphatic rings. The Balaban J connectivity index is 2.88. The van der Waals surface area contributed by atoms with E-state index in [1.54, 1.807) is 6.92 Å². The van der Waals surface area contributed by atoms with Gasteiger partial charge in [-0.2, -0.15) is 0 Å². The lowest BCUT2D eigenvalue weighted by atomic mass is 10.1. The maximum Gasteiger partial charge on any atom is 0.328 e. The lowest BCUT2D eigenvalue weighted by molar-refractivity contribution is -0.385. The summed E-state index contributed by atoms with van der Waals surface area (Å²) in [7, 11) is 0. The number of rotatable bonds is 5. The molecule has 0 heterocycles. The van der Waals surface area contributed by atoms with Gasteiger partial charge in [-0.1, -0.05) is 0 Å². The molecule has 0 bridgehead atoms. The van der Waals surface area contributed by atoms with Crippen LogP contribution in [0.2, 0.25) is 0 Å². The Morgan fingerprint density at radius 3 is 2.43 bits per heavy atom. The molecule has 21 heavy (non-hydrogen) atoms. The number of carboxylic acid groups (broad SMARTS) is 1. The standard InChI is InChI=1S/C12H15N3O6/c1-6-4-10(15(20)21)7(2)3-8(6)13-12(19)14-9(5-16)11(17)18/h3-4,9,16H,5H2,1-2H3,(H,17,18)(H2,13,14,19)/t9-/m0/s1. The van der Waals surface area contributed by atoms with Gasteiger partial charge in [0.25, 0.3) is 5.69 Å². The van der Waals surface area contributed by atoms with E-state index in [2.05, 4.69) is 10.6 Å². The Morgan fingerprint density at radius 2 is 1.95 bits per heavy atom. The van der Waals surface area contributed by atoms with Crippen molar-refractivity contribution in [3.05, 3.63) is 33.4 Å². The third kappa shape index (κ3) is 4.14. The number of carboxylic acids is 1. The number of nitro groups is 1. The van der Waals surface area contributed by atoms with Gasteiger partial charge in [0.2, 0.25) is 0 Å². The molecule has 114 valence electrons. The highest BCUT2D eigenvalue weighted by Crippen LogP contribution is 2.25. The molecule has 0 unspecified atom stereocenters. The summed E-state index contributed by atoms with van der Waals surface area (Å²) in [6.45, 7) is 2.35. The van der Waals surface area contributed by atoms with E-state index in [1.165, 1.54) is 19.1 Å². The van der Waals surface area contributed by atoms with Crippen LogP contribution in [0.25, 0.3) is 0 Å². The number of aryl methyl sites for hydroxylation is 2. The molecule has 1 rings (SSSR count). The number of benzene rings is 1. The lowest BCUT2D eigenvalue weighted by Crippen LogP contribution is -2.45. The van der Waals surface area contributed by atoms with Crippen LogP contribution in [0.3, 0.4) is 0 Å². The van der Waals surface area contributed by atoms with Gasteiger partial charge in [-0.3, -0.25) is 10.1 Å². The zero-order valence-corrected chi connectivity index (χ0v) is 11.4. The van der Waals surface area contributed by atoms with Gasteiger partial charge >= 0.3 is 12.0 Å². The van der Waals surface area contributed by atoms with Gasteiger partial charge in [0.1, 0.15) is 0 Å². The van der Waals surface area contributed by atoms with Gasteiger partial charge in [0, 0.05) is 17.3 Å². The zero-order valence-electron chi connectivity index (χ0n) is 11.4. The van der Waals surface area contributed by atoms with Crippen LogP contribution in [-0.2, 0) is 4.79 Å². The minimum Gasteiger partial charge on any atom is -0.480 e. The highest BCUT2D eigenvalue weighted by atomic mass is 16.6. The second kappa shape index (κ2) is 6.66. The summed E-state index contributed by atoms with van der Waals surface area (Å²) in [5, 5.41) is 32.8. The number of hydrogen-bond acceptors (Lipinski definition) is 5. The number of aliphatic carboxylic acids is 1. The zero-order chi connectivity index (χ0) is 16.2. The van der Waals surface area contributed by atoms with Crippen molar-refractivity contribution in [1.29, 1.82) is 0 Å². The highest BCUT2D eigenvalue weighted by Gasteiger charge is 2.20. The van der Waals surface area contributed by atoms with Crippen LogP contribution in [0.1, 0.15) is 11.1 Å². The number of nitrogens with zero attached hydrogens (tertiary/aromatic N) is 1. The quantitative estimate of drug-likeness (QED) is 0.467. The fourth-order valence-corrected chi connectivity index (χ4v) is 1.63. The van der Waals surface area contributed by atoms with E-state index in [4.69, 9.17) is 10.2 Å². The van der Waals surface area contributed by atoms with Crippen LogP contribution in [0.5, 0.6) is 0 Å². The normalized spacial score (nSPS) is 11.6. The van der Waals surface area contributed by atoms with Gasteiger partial charge < -0.3 is 20.8 Å². The Hall–Kier alpha value is -2.68. The number of aliphatic hydroxyl groups excluding tert-OH is 1. The number of aliphatic hydroxyl groups is 1. The Labute approximate surface area is 119 Å². The molecule has 0 radical (unpaired) electrons. The van der Waals surface area contributed by atoms with Crippen molar-refractivity contribution in [3.8, 4) is 0 Å². The molecule has 0 aliphatic heterocycles. The van der Waals surface area contributed by atoms with E-state index in [9.17, 15) is 19.7 Å². The molecule has 9 nitrogen and oxygen atoms in total. The first kappa shape index (κ1) is 16.4. The number of amides is 2. The van der Waals surface area contributed by atoms with Crippen LogP contribution >= 0.6 is 0 Å². The molecule has 0 spiro atoms. The first-order valence-corrected chi connectivity index (χ1v) is 5.93. The SMILES string of the molecule is Cc1cc([N+](=O)[O-])c(C)cc1NC(=O)N[C@@H](CO)C(=O)O. The Kier molecular flexibility index (Phi) is 5.19. The van der Waals surface area contributed by atoms with Gasteiger partial charge in [-0.05, 0) is 25.5 Å². The molecule has 0 aliphatic carbocycles. The van der Waals surface area contributed by atoms with Crippen LogP contribution < -0.4 is 10.6 Å². The van der Waals surface area contributed by atoms with Crippen LogP contribution in [0, 0.1) is 24.0 Å². The molecule has 9 heteroatoms. The molecule has 4 N–H and O–H groups in total. The monoisotopic (exact) mass is 297 g/mol. The Morgan fingerprint density at radius 1 is 1.33 bits per heavy atom. The summed E-state index contributed by atoms with van der Waals surface area (Å²) in [5.41, 5.74) is 1.06. The van der Waals surface area contributed by atoms with Crippen LogP contribution in [-0.4, -0.2) is 39.8 Å². The summed E-state index contributed by atoms with van der Waals surface area (Å²) in [5.74, 6) is -1.37. The first-order chi connectivity index (χ1) is 9.76. The van der Waals surface area contributed by atoms with Gasteiger partial charge in [-0.15, -0.1) is 0 Å². The molecule has 0 saturated carbocycles. The molecule has 0 aromatic heterocycles. The van der Waals surface area contributed by atoms with E-state index in [0.29, 0.717) is 16.8 Å². The number of carbonyl (C=O) groups excluding carboxylic acids is 1. The van der Waals surface area contributed by atoms with Crippen molar-refractivity contribution < 1.29 is 24.7 Å². The second-order valence-electron chi connectivity index (χ2n) is 4.38. The molecule has 2 amide bonds. The second-order valence-corrected chi connectivity index (χ2v) is 4.38. The van der Waals surface area contributed by atoms with Gasteiger partial charge in [0.05, 0.1) is 11.5 Å². The minimum absolute atomic E-state index is 0.0720. The van der Waals surface area contributed by atoms with E-state index < -0.39 is 29.6 Å². The van der Waals surface area contributed by atoms with E-state index in [-0.39, 0.29) is 5.69 Å². The Bertz CT molecular complexity index is 587. The number of carbonyl (C=O) groups is 2. The predicted octanol–water partition coefficient (Wildman–Crippen LogP) is 0.779. The summed E-state index contributed by atoms with van der Waals surface area (Å²) >= 11 is 0. The third-order valence-electron chi connectivity index (χ3n) is 2.77. The van der Waals surface area contributed by atoms with Crippen molar-refractivity contribution in [2.75, 3.05) is 11.9 Å². The average Bonchev–Trinajstić information content (AvgIpc) is 2.39. The van der Waals surface area contributed by atoms with Crippen molar-refractivity contribution in [3.63, 3.8) is 0 Å². The highest BCUT2D eigenvalue weighted by molar-refractivity contribution is 5.93. The van der Waals surface area contributed by atoms with Crippen LogP contribution in [0.15, 0.2) is 12.1 Å². The number of nitro benzene ring substituents is 1. The molecule has 1 atom stereocenters. The number of anilines is 1. The smallest absolute Gasteiger partial charge is 0.328 e. The summed E-state index contributed by atoms with van der Waals surface area (Å²) in [4.78, 5) is 32.6. The van der Waals surface area contributed by atoms with Crippen molar-refractivity contribution >= 4 is 23.4 Å². The van der Waals surface area contributed by atoms with E-state index in [1.807, 2.05) is 0 Å². The topological polar surface area (TPSA) is 142 Å². The molecule has 1 aromatic carbocycles. The van der Waals surface area contributed by atoms with E-state index in [0.717, 1.165) is 0 Å². The summed E-state index contributed by atoms with van der Waals surface area (Å²) in [6, 6.07) is 0.477. The number of urea groups is 1. The summed E-state index contributed by atoms with van der Waals surface area (Å²) < 4.78 is 0. The average molecular weight is 297 g/mol. The molecule has 0 saturated heterocycles. The summed E-state index contributed by atoms with van der Waals surface area (Å²) in [6.07, 6.45) is 0. The fourth-order valence-electron chi connectivity index (χ4n) is 1.63. The van der Waals surface area contributed by atoms with Crippen molar-refractivity contribution in [1.82, 2.24) is 5.32 Å². The largest absolute Gasteiger partial charge is 0.480 e. The molecule has 1 aromatic rings. The fraction of sp³-hybridized carbons (Fsp3) is 0.333. The van der Waals surface area contributed by atoms with Gasteiger partial charge in [-0.25, -0.2) is 9.59 Å². The minimum atomic E-state index is -1.43. The van der Waals surface area contributed by atoms with E-state index >= 15 is 0 Å².